The number of benzene rings is 1. The molecular weight excluding hydrogens is 546 g/mol. The molecule has 1 fully saturated rings. The first-order valence-electron chi connectivity index (χ1n) is 11.7. The van der Waals surface area contributed by atoms with Crippen molar-refractivity contribution >= 4 is 25.8 Å². The smallest absolute Gasteiger partial charge is 0.343 e. The van der Waals surface area contributed by atoms with Gasteiger partial charge in [-0.05, 0) is 60.7 Å². The second-order valence-corrected chi connectivity index (χ2v) is 12.1. The number of piperidine rings is 1. The molecule has 0 radical (unpaired) electrons. The van der Waals surface area contributed by atoms with E-state index >= 15 is 0 Å². The highest BCUT2D eigenvalue weighted by molar-refractivity contribution is 8.31. The number of carbonyl (C=O) groups excluding carboxylic acids is 1. The number of rotatable bonds is 7. The molecule has 15 heteroatoms. The van der Waals surface area contributed by atoms with Crippen molar-refractivity contribution in [3.63, 3.8) is 0 Å². The molecule has 0 aliphatic carbocycles. The van der Waals surface area contributed by atoms with Crippen molar-refractivity contribution < 1.29 is 26.6 Å². The molecule has 1 aromatic carbocycles. The summed E-state index contributed by atoms with van der Waals surface area (Å²) in [4.78, 5) is 19.8. The maximum atomic E-state index is 14.6. The molecule has 3 heterocycles. The number of carbonyl (C=O) groups is 1. The number of hydrogen-bond donors (Lipinski definition) is 1. The van der Waals surface area contributed by atoms with Crippen LogP contribution >= 0.6 is 0 Å². The van der Waals surface area contributed by atoms with E-state index in [2.05, 4.69) is 31.6 Å². The van der Waals surface area contributed by atoms with Gasteiger partial charge in [-0.1, -0.05) is 6.07 Å². The molecule has 0 saturated carbocycles. The molecule has 4 rings (SSSR count). The highest BCUT2D eigenvalue weighted by Crippen LogP contribution is 2.32. The summed E-state index contributed by atoms with van der Waals surface area (Å²) in [6.07, 6.45) is -2.01. The third kappa shape index (κ3) is 6.69. The van der Waals surface area contributed by atoms with Crippen molar-refractivity contribution in [2.75, 3.05) is 13.1 Å². The number of pyridine rings is 1. The highest BCUT2D eigenvalue weighted by Gasteiger charge is 2.31. The molecule has 1 aliphatic heterocycles. The molecule has 2 N–H and O–H groups in total. The maximum Gasteiger partial charge on any atom is 0.416 e. The summed E-state index contributed by atoms with van der Waals surface area (Å²) in [6.45, 7) is 2.37. The van der Waals surface area contributed by atoms with Gasteiger partial charge < -0.3 is 4.90 Å². The Kier molecular flexibility index (Phi) is 8.09. The van der Waals surface area contributed by atoms with Gasteiger partial charge in [0.2, 0.25) is 5.91 Å². The van der Waals surface area contributed by atoms with Gasteiger partial charge >= 0.3 is 6.18 Å². The summed E-state index contributed by atoms with van der Waals surface area (Å²) in [7, 11) is -3.24. The predicted octanol–water partition coefficient (Wildman–Crippen LogP) is 2.90. The predicted molar refractivity (Wildman–Crippen MR) is 132 cm³/mol. The lowest BCUT2D eigenvalue weighted by Crippen LogP contribution is -2.38. The van der Waals surface area contributed by atoms with Gasteiger partial charge in [0.1, 0.15) is 14.5 Å². The zero-order valence-electron chi connectivity index (χ0n) is 20.3. The number of nitrogens with zero attached hydrogens (tertiary/aromatic N) is 6. The topological polar surface area (TPSA) is 120 Å². The van der Waals surface area contributed by atoms with Gasteiger partial charge in [-0.2, -0.15) is 18.0 Å². The van der Waals surface area contributed by atoms with Crippen LogP contribution in [-0.4, -0.2) is 53.3 Å². The number of alkyl halides is 3. The quantitative estimate of drug-likeness (QED) is 0.433. The number of amides is 1. The summed E-state index contributed by atoms with van der Waals surface area (Å²) in [6, 6.07) is 4.47. The van der Waals surface area contributed by atoms with E-state index in [9.17, 15) is 26.6 Å². The molecule has 38 heavy (non-hydrogen) atoms. The first-order valence-corrected chi connectivity index (χ1v) is 14.3. The Bertz CT molecular complexity index is 1440. The van der Waals surface area contributed by atoms with Crippen LogP contribution in [0.4, 0.5) is 17.6 Å². The third-order valence-electron chi connectivity index (χ3n) is 6.41. The van der Waals surface area contributed by atoms with Gasteiger partial charge in [0.15, 0.2) is 5.82 Å². The van der Waals surface area contributed by atoms with Crippen molar-refractivity contribution in [2.45, 2.75) is 56.1 Å². The SMILES string of the molecule is Cc1nnn(Cc2cc(C(F)(F)F)ccc2CCC(=O)N2CCC(c3ncc(S(N)(=O)=S)cc3F)CC2)n1. The van der Waals surface area contributed by atoms with Gasteiger partial charge in [0, 0.05) is 42.8 Å². The molecule has 3 aromatic rings. The van der Waals surface area contributed by atoms with E-state index in [4.69, 9.17) is 5.14 Å². The van der Waals surface area contributed by atoms with Crippen molar-refractivity contribution in [1.82, 2.24) is 30.1 Å². The molecule has 1 atom stereocenters. The average Bonchev–Trinajstić information content (AvgIpc) is 3.26. The Morgan fingerprint density at radius 2 is 1.92 bits per heavy atom. The first kappa shape index (κ1) is 28.0. The normalized spacial score (nSPS) is 16.4. The Balaban J connectivity index is 1.39. The maximum absolute atomic E-state index is 14.6. The van der Waals surface area contributed by atoms with Crippen LogP contribution < -0.4 is 5.14 Å². The van der Waals surface area contributed by atoms with E-state index in [1.165, 1.54) is 17.1 Å². The van der Waals surface area contributed by atoms with Crippen molar-refractivity contribution in [3.8, 4) is 0 Å². The number of nitrogens with two attached hydrogens (primary N) is 1. The third-order valence-corrected chi connectivity index (χ3v) is 7.87. The van der Waals surface area contributed by atoms with E-state index in [1.54, 1.807) is 11.8 Å². The molecule has 204 valence electrons. The zero-order chi connectivity index (χ0) is 27.7. The van der Waals surface area contributed by atoms with Crippen LogP contribution in [-0.2, 0) is 43.8 Å². The van der Waals surface area contributed by atoms with Gasteiger partial charge in [-0.3, -0.25) is 9.78 Å². The number of likely N-dealkylation sites (tertiary alicyclic amines) is 1. The number of aryl methyl sites for hydroxylation is 2. The van der Waals surface area contributed by atoms with Crippen molar-refractivity contribution in [3.05, 3.63) is 64.5 Å². The highest BCUT2D eigenvalue weighted by atomic mass is 32.8. The fraction of sp³-hybridized carbons (Fsp3) is 0.435. The summed E-state index contributed by atoms with van der Waals surface area (Å²) in [5.74, 6) is -0.626. The molecule has 1 unspecified atom stereocenters. The Morgan fingerprint density at radius 1 is 1.21 bits per heavy atom. The molecule has 1 amide bonds. The zero-order valence-corrected chi connectivity index (χ0v) is 22.0. The van der Waals surface area contributed by atoms with E-state index in [0.717, 1.165) is 18.2 Å². The number of halogens is 4. The molecule has 0 spiro atoms. The Labute approximate surface area is 221 Å². The van der Waals surface area contributed by atoms with Crippen LogP contribution in [0.2, 0.25) is 0 Å². The van der Waals surface area contributed by atoms with Gasteiger partial charge in [-0.15, -0.1) is 10.2 Å². The molecular formula is C23H25F4N7O2S2. The van der Waals surface area contributed by atoms with E-state index in [0.29, 0.717) is 42.9 Å². The largest absolute Gasteiger partial charge is 0.416 e. The second kappa shape index (κ2) is 11.0. The molecule has 1 saturated heterocycles. The van der Waals surface area contributed by atoms with E-state index in [-0.39, 0.29) is 41.8 Å². The van der Waals surface area contributed by atoms with Crippen LogP contribution in [0.1, 0.15) is 53.4 Å². The van der Waals surface area contributed by atoms with Crippen LogP contribution in [0.3, 0.4) is 0 Å². The number of aromatic nitrogens is 5. The molecule has 9 nitrogen and oxygen atoms in total. The minimum atomic E-state index is -4.51. The minimum Gasteiger partial charge on any atom is -0.343 e. The Hall–Kier alpha value is -3.04. The van der Waals surface area contributed by atoms with E-state index in [1.807, 2.05) is 0 Å². The lowest BCUT2D eigenvalue weighted by atomic mass is 9.92. The summed E-state index contributed by atoms with van der Waals surface area (Å²) in [5, 5.41) is 17.0. The van der Waals surface area contributed by atoms with Crippen LogP contribution in [0.25, 0.3) is 0 Å². The Morgan fingerprint density at radius 3 is 2.50 bits per heavy atom. The van der Waals surface area contributed by atoms with Gasteiger partial charge in [0.25, 0.3) is 0 Å². The standard InChI is InChI=1S/C23H25F4N7O2S2/c1-14-30-32-34(31-14)13-17-10-18(23(25,26)27)4-2-15(17)3-5-21(35)33-8-6-16(7-9-33)22-20(24)11-19(12-29-22)38(28,36)37/h2,4,10-12,16H,3,5-9,13H2,1H3,(H2,28,36,37). The molecule has 0 bridgehead atoms. The fourth-order valence-corrected chi connectivity index (χ4v) is 5.17. The lowest BCUT2D eigenvalue weighted by Gasteiger charge is -2.32. The monoisotopic (exact) mass is 571 g/mol. The average molecular weight is 572 g/mol. The minimum absolute atomic E-state index is 0.0123. The van der Waals surface area contributed by atoms with Crippen LogP contribution in [0.15, 0.2) is 35.4 Å². The van der Waals surface area contributed by atoms with Gasteiger partial charge in [-0.25, -0.2) is 13.7 Å². The summed E-state index contributed by atoms with van der Waals surface area (Å²) < 4.78 is 66.2. The van der Waals surface area contributed by atoms with Crippen molar-refractivity contribution in [2.24, 2.45) is 5.14 Å². The molecule has 2 aromatic heterocycles. The van der Waals surface area contributed by atoms with Crippen molar-refractivity contribution in [1.29, 1.82) is 0 Å². The van der Waals surface area contributed by atoms with Gasteiger partial charge in [0.05, 0.1) is 22.7 Å². The van der Waals surface area contributed by atoms with Crippen LogP contribution in [0, 0.1) is 12.7 Å². The first-order chi connectivity index (χ1) is 17.8. The number of tetrazole rings is 1. The van der Waals surface area contributed by atoms with Crippen LogP contribution in [0.5, 0.6) is 0 Å². The molecule has 1 aliphatic rings. The van der Waals surface area contributed by atoms with E-state index < -0.39 is 26.2 Å². The second-order valence-electron chi connectivity index (χ2n) is 9.09. The summed E-state index contributed by atoms with van der Waals surface area (Å²) >= 11 is 4.67. The number of hydrogen-bond acceptors (Lipinski definition) is 7. The fourth-order valence-electron chi connectivity index (χ4n) is 4.43. The summed E-state index contributed by atoms with van der Waals surface area (Å²) in [5.41, 5.74) is 0.359. The lowest BCUT2D eigenvalue weighted by molar-refractivity contribution is -0.137.